The molecule has 0 aromatic rings. The van der Waals surface area contributed by atoms with Gasteiger partial charge in [-0.25, -0.2) is 0 Å². The van der Waals surface area contributed by atoms with Crippen molar-refractivity contribution in [2.24, 2.45) is 0 Å². The van der Waals surface area contributed by atoms with Crippen LogP contribution in [-0.4, -0.2) is 0 Å². The van der Waals surface area contributed by atoms with Crippen LogP contribution < -0.4 is 29.4 Å². The zero-order valence-corrected chi connectivity index (χ0v) is 13.4. The molecule has 66 valence electrons. The Morgan fingerprint density at radius 3 is 0.583 bits per heavy atom. The van der Waals surface area contributed by atoms with E-state index in [-0.39, 0.29) is 81.7 Å². The van der Waals surface area contributed by atoms with Crippen molar-refractivity contribution in [3.8, 4) is 0 Å². The fourth-order valence-electron chi connectivity index (χ4n) is 0. The molecule has 0 spiro atoms. The first-order valence-corrected chi connectivity index (χ1v) is 4.38. The summed E-state index contributed by atoms with van der Waals surface area (Å²) in [5.41, 5.74) is 0. The number of hydrogen-bond donors (Lipinski definition) is 0. The van der Waals surface area contributed by atoms with E-state index in [9.17, 15) is 0 Å². The van der Waals surface area contributed by atoms with E-state index in [0.717, 1.165) is 0 Å². The van der Waals surface area contributed by atoms with Crippen LogP contribution in [0.2, 0.25) is 0 Å². The zero-order chi connectivity index (χ0) is 9.00. The van der Waals surface area contributed by atoms with Crippen LogP contribution in [0.25, 0.3) is 0 Å². The Kier molecular flexibility index (Phi) is 21.1. The van der Waals surface area contributed by atoms with Gasteiger partial charge < -0.3 is 38.5 Å². The average molecular weight is 478 g/mol. The first-order chi connectivity index (χ1) is 4.00. The monoisotopic (exact) mass is 474 g/mol. The van der Waals surface area contributed by atoms with Gasteiger partial charge in [-0.2, -0.15) is 15.6 Å². The second-order valence-electron chi connectivity index (χ2n) is 0.894. The molecule has 0 rings (SSSR count). The quantitative estimate of drug-likeness (QED) is 0.310. The first kappa shape index (κ1) is 24.2. The van der Waals surface area contributed by atoms with Gasteiger partial charge in [0.25, 0.3) is 0 Å². The fraction of sp³-hybridized carbons (Fsp3) is 0. The molecule has 0 N–H and O–H groups in total. The van der Waals surface area contributed by atoms with Crippen molar-refractivity contribution in [1.82, 2.24) is 0 Å². The van der Waals surface area contributed by atoms with E-state index in [1.165, 1.54) is 0 Å². The number of hydrogen-bond acceptors (Lipinski definition) is 8. The summed E-state index contributed by atoms with van der Waals surface area (Å²) in [4.78, 5) is 51.3. The van der Waals surface area contributed by atoms with Crippen molar-refractivity contribution in [2.45, 2.75) is 0 Å². The Morgan fingerprint density at radius 1 is 0.583 bits per heavy atom. The van der Waals surface area contributed by atoms with Gasteiger partial charge in [-0.05, 0) is 0 Å². The van der Waals surface area contributed by atoms with Gasteiger partial charge in [-0.1, -0.05) is 0 Å². The van der Waals surface area contributed by atoms with E-state index in [2.05, 4.69) is 0 Å². The van der Waals surface area contributed by atoms with Gasteiger partial charge in [0.2, 0.25) is 0 Å². The molecule has 0 unspecified atom stereocenters. The molecular weight excluding hydrogens is 478 g/mol. The predicted molar refractivity (Wildman–Crippen MR) is 15.2 cm³/mol. The summed E-state index contributed by atoms with van der Waals surface area (Å²) in [6, 6.07) is 0. The maximum atomic E-state index is 8.55. The largest absolute Gasteiger partial charge is 3.00 e. The Hall–Kier alpha value is 2.92. The first-order valence-electron chi connectivity index (χ1n) is 1.46. The Balaban J connectivity index is -0.0000000457. The normalized spacial score (nSPS) is 9.83. The van der Waals surface area contributed by atoms with Crippen molar-refractivity contribution < 1.29 is 120 Å². The van der Waals surface area contributed by atoms with Crippen molar-refractivity contribution in [3.05, 3.63) is 0 Å². The molecule has 0 fully saturated rings. The summed E-state index contributed by atoms with van der Waals surface area (Å²) in [5.74, 6) is 0. The van der Waals surface area contributed by atoms with Gasteiger partial charge >= 0.3 is 81.7 Å². The van der Waals surface area contributed by atoms with Gasteiger partial charge in [0, 0.05) is 0 Å². The molecule has 0 saturated carbocycles. The molecule has 12 heteroatoms. The molecule has 0 aliphatic rings. The van der Waals surface area contributed by atoms with Crippen LogP contribution in [0.5, 0.6) is 0 Å². The summed E-state index contributed by atoms with van der Waals surface area (Å²) in [6.07, 6.45) is 0. The molecule has 0 aliphatic carbocycles. The molecule has 8 nitrogen and oxygen atoms in total. The number of rotatable bonds is 0. The van der Waals surface area contributed by atoms with E-state index >= 15 is 0 Å². The summed E-state index contributed by atoms with van der Waals surface area (Å²) in [6.45, 7) is 0. The van der Waals surface area contributed by atoms with Crippen molar-refractivity contribution in [2.75, 3.05) is 0 Å². The van der Waals surface area contributed by atoms with Crippen LogP contribution in [0.4, 0.5) is 0 Å². The van der Waals surface area contributed by atoms with Crippen LogP contribution in [0.15, 0.2) is 0 Å². The molecule has 0 aromatic carbocycles. The summed E-state index contributed by atoms with van der Waals surface area (Å²) < 4.78 is 17.1. The molecule has 0 saturated heterocycles. The molecule has 0 heterocycles. The standard InChI is InChI=1S/2Nd.2H3O4P/c;;2*1-5(2,3)4/h;;2*(H3,1,2,3,4)/q2*+3;;/p-6. The fourth-order valence-corrected chi connectivity index (χ4v) is 0. The van der Waals surface area contributed by atoms with E-state index < -0.39 is 15.6 Å². The second-order valence-corrected chi connectivity index (χ2v) is 2.68. The van der Waals surface area contributed by atoms with Crippen LogP contribution in [0, 0.1) is 81.7 Å². The van der Waals surface area contributed by atoms with E-state index in [0.29, 0.717) is 0 Å². The van der Waals surface area contributed by atoms with E-state index in [1.54, 1.807) is 0 Å². The number of phosphoric acid groups is 2. The van der Waals surface area contributed by atoms with Gasteiger partial charge in [0.05, 0.1) is 0 Å². The van der Waals surface area contributed by atoms with Gasteiger partial charge in [-0.3, -0.25) is 0 Å². The molecular formula is Nd2O8P2. The Labute approximate surface area is 133 Å². The minimum atomic E-state index is -5.39. The minimum Gasteiger partial charge on any atom is -0.822 e. The van der Waals surface area contributed by atoms with Gasteiger partial charge in [-0.15, -0.1) is 0 Å². The summed E-state index contributed by atoms with van der Waals surface area (Å²) in [5, 5.41) is 0. The van der Waals surface area contributed by atoms with Crippen LogP contribution >= 0.6 is 15.6 Å². The maximum absolute atomic E-state index is 8.55. The third kappa shape index (κ3) is 215. The topological polar surface area (TPSA) is 172 Å². The SMILES string of the molecule is O=P([O-])([O-])[O-].O=P([O-])([O-])[O-].[Nd+3].[Nd+3]. The van der Waals surface area contributed by atoms with Crippen molar-refractivity contribution >= 4 is 15.6 Å². The third-order valence-electron chi connectivity index (χ3n) is 0. The Bertz CT molecular complexity index is 127. The summed E-state index contributed by atoms with van der Waals surface area (Å²) in [7, 11) is -10.8. The van der Waals surface area contributed by atoms with Crippen molar-refractivity contribution in [3.63, 3.8) is 0 Å². The molecule has 0 aromatic heterocycles. The maximum Gasteiger partial charge on any atom is 3.00 e. The zero-order valence-electron chi connectivity index (χ0n) is 5.16. The van der Waals surface area contributed by atoms with Crippen LogP contribution in [0.1, 0.15) is 0 Å². The van der Waals surface area contributed by atoms with Gasteiger partial charge in [0.15, 0.2) is 0 Å². The molecule has 0 bridgehead atoms. The van der Waals surface area contributed by atoms with Gasteiger partial charge in [0.1, 0.15) is 0 Å². The minimum absolute atomic E-state index is 0. The van der Waals surface area contributed by atoms with Crippen molar-refractivity contribution in [1.29, 1.82) is 0 Å². The van der Waals surface area contributed by atoms with Crippen LogP contribution in [0.3, 0.4) is 0 Å². The second kappa shape index (κ2) is 10.4. The molecule has 2 radical (unpaired) electrons. The average Bonchev–Trinajstić information content (AvgIpc) is 1.12. The molecule has 0 aliphatic heterocycles. The molecule has 0 atom stereocenters. The molecule has 12 heavy (non-hydrogen) atoms. The van der Waals surface area contributed by atoms with E-state index in [4.69, 9.17) is 38.5 Å². The van der Waals surface area contributed by atoms with Crippen LogP contribution in [-0.2, 0) is 9.13 Å². The van der Waals surface area contributed by atoms with E-state index in [1.807, 2.05) is 0 Å². The smallest absolute Gasteiger partial charge is 0.822 e. The Morgan fingerprint density at radius 2 is 0.583 bits per heavy atom. The third-order valence-corrected chi connectivity index (χ3v) is 0. The predicted octanol–water partition coefficient (Wildman–Crippen LogP) is -5.65. The summed E-state index contributed by atoms with van der Waals surface area (Å²) >= 11 is 0. The molecule has 0 amide bonds.